The van der Waals surface area contributed by atoms with Gasteiger partial charge in [-0.1, -0.05) is 19.1 Å². The first-order chi connectivity index (χ1) is 9.83. The van der Waals surface area contributed by atoms with Gasteiger partial charge in [-0.15, -0.1) is 0 Å². The molecule has 0 aromatic heterocycles. The summed E-state index contributed by atoms with van der Waals surface area (Å²) in [6.07, 6.45) is 10.6. The predicted octanol–water partition coefficient (Wildman–Crippen LogP) is 2.13. The van der Waals surface area contributed by atoms with E-state index in [-0.39, 0.29) is 0 Å². The van der Waals surface area contributed by atoms with Crippen LogP contribution < -0.4 is 10.6 Å². The molecule has 0 bridgehead atoms. The second kappa shape index (κ2) is 8.30. The Bertz CT molecular complexity index is 323. The molecule has 0 spiro atoms. The summed E-state index contributed by atoms with van der Waals surface area (Å²) in [7, 11) is 0. The summed E-state index contributed by atoms with van der Waals surface area (Å²) in [5.74, 6) is 0.985. The SMILES string of the molecule is CCNC(=NCC(CC)N1CCCC1)NC1CC=CC1. The fourth-order valence-electron chi connectivity index (χ4n) is 3.05. The molecule has 0 radical (unpaired) electrons. The highest BCUT2D eigenvalue weighted by atomic mass is 15.2. The minimum Gasteiger partial charge on any atom is -0.357 e. The second-order valence-electron chi connectivity index (χ2n) is 5.81. The summed E-state index contributed by atoms with van der Waals surface area (Å²) in [4.78, 5) is 7.42. The number of guanidine groups is 1. The monoisotopic (exact) mass is 278 g/mol. The molecule has 0 amide bonds. The molecule has 1 aliphatic carbocycles. The van der Waals surface area contributed by atoms with Crippen LogP contribution in [0.25, 0.3) is 0 Å². The molecule has 114 valence electrons. The molecule has 1 unspecified atom stereocenters. The normalized spacial score (nSPS) is 22.4. The van der Waals surface area contributed by atoms with Gasteiger partial charge in [0.15, 0.2) is 5.96 Å². The van der Waals surface area contributed by atoms with Crippen molar-refractivity contribution in [1.29, 1.82) is 0 Å². The minimum absolute atomic E-state index is 0.527. The van der Waals surface area contributed by atoms with Crippen LogP contribution in [-0.4, -0.2) is 49.1 Å². The standard InChI is InChI=1S/C16H30N4/c1-3-15(20-11-7-8-12-20)13-18-16(17-4-2)19-14-9-5-6-10-14/h5-6,14-15H,3-4,7-13H2,1-2H3,(H2,17,18,19). The van der Waals surface area contributed by atoms with Crippen LogP contribution in [0.3, 0.4) is 0 Å². The summed E-state index contributed by atoms with van der Waals surface area (Å²) in [5, 5.41) is 6.92. The van der Waals surface area contributed by atoms with E-state index < -0.39 is 0 Å². The van der Waals surface area contributed by atoms with Crippen molar-refractivity contribution in [3.63, 3.8) is 0 Å². The highest BCUT2D eigenvalue weighted by Gasteiger charge is 2.20. The lowest BCUT2D eigenvalue weighted by Crippen LogP contribution is -2.43. The molecular formula is C16H30N4. The van der Waals surface area contributed by atoms with Crippen molar-refractivity contribution in [3.8, 4) is 0 Å². The van der Waals surface area contributed by atoms with Crippen molar-refractivity contribution in [1.82, 2.24) is 15.5 Å². The van der Waals surface area contributed by atoms with Crippen molar-refractivity contribution >= 4 is 5.96 Å². The third-order valence-corrected chi connectivity index (χ3v) is 4.28. The number of likely N-dealkylation sites (tertiary alicyclic amines) is 1. The maximum absolute atomic E-state index is 4.82. The zero-order valence-electron chi connectivity index (χ0n) is 13.1. The van der Waals surface area contributed by atoms with Crippen LogP contribution in [0.4, 0.5) is 0 Å². The van der Waals surface area contributed by atoms with Crippen LogP contribution in [0.5, 0.6) is 0 Å². The first-order valence-corrected chi connectivity index (χ1v) is 8.27. The first-order valence-electron chi connectivity index (χ1n) is 8.27. The van der Waals surface area contributed by atoms with Gasteiger partial charge in [-0.3, -0.25) is 9.89 Å². The maximum atomic E-state index is 4.82. The zero-order valence-corrected chi connectivity index (χ0v) is 13.1. The number of hydrogen-bond donors (Lipinski definition) is 2. The molecular weight excluding hydrogens is 248 g/mol. The largest absolute Gasteiger partial charge is 0.357 e. The molecule has 2 rings (SSSR count). The molecule has 1 heterocycles. The van der Waals surface area contributed by atoms with Crippen LogP contribution in [-0.2, 0) is 0 Å². The third-order valence-electron chi connectivity index (χ3n) is 4.28. The average Bonchev–Trinajstić information content (AvgIpc) is 3.12. The Kier molecular flexibility index (Phi) is 6.37. The molecule has 2 aliphatic rings. The lowest BCUT2D eigenvalue weighted by molar-refractivity contribution is 0.242. The Labute approximate surface area is 123 Å². The molecule has 1 saturated heterocycles. The molecule has 20 heavy (non-hydrogen) atoms. The minimum atomic E-state index is 0.527. The van der Waals surface area contributed by atoms with E-state index in [0.29, 0.717) is 12.1 Å². The highest BCUT2D eigenvalue weighted by Crippen LogP contribution is 2.14. The Morgan fingerprint density at radius 1 is 1.25 bits per heavy atom. The van der Waals surface area contributed by atoms with Gasteiger partial charge in [-0.2, -0.15) is 0 Å². The Hall–Kier alpha value is -1.03. The molecule has 2 N–H and O–H groups in total. The number of rotatable bonds is 6. The van der Waals surface area contributed by atoms with Crippen molar-refractivity contribution in [3.05, 3.63) is 12.2 Å². The molecule has 1 aliphatic heterocycles. The van der Waals surface area contributed by atoms with E-state index in [4.69, 9.17) is 4.99 Å². The van der Waals surface area contributed by atoms with E-state index in [1.807, 2.05) is 0 Å². The zero-order chi connectivity index (χ0) is 14.2. The van der Waals surface area contributed by atoms with Crippen molar-refractivity contribution in [2.45, 2.75) is 58.0 Å². The van der Waals surface area contributed by atoms with E-state index in [0.717, 1.165) is 31.9 Å². The van der Waals surface area contributed by atoms with Crippen molar-refractivity contribution in [2.75, 3.05) is 26.2 Å². The summed E-state index contributed by atoms with van der Waals surface area (Å²) < 4.78 is 0. The van der Waals surface area contributed by atoms with Crippen LogP contribution in [0.2, 0.25) is 0 Å². The van der Waals surface area contributed by atoms with Gasteiger partial charge in [0.1, 0.15) is 0 Å². The lowest BCUT2D eigenvalue weighted by Gasteiger charge is -2.25. The molecule has 4 heteroatoms. The van der Waals surface area contributed by atoms with Crippen LogP contribution in [0.15, 0.2) is 17.1 Å². The number of hydrogen-bond acceptors (Lipinski definition) is 2. The van der Waals surface area contributed by atoms with Gasteiger partial charge in [-0.25, -0.2) is 0 Å². The molecule has 4 nitrogen and oxygen atoms in total. The van der Waals surface area contributed by atoms with Gasteiger partial charge in [0.25, 0.3) is 0 Å². The first kappa shape index (κ1) is 15.4. The van der Waals surface area contributed by atoms with Gasteiger partial charge in [0, 0.05) is 18.6 Å². The van der Waals surface area contributed by atoms with E-state index in [9.17, 15) is 0 Å². The summed E-state index contributed by atoms with van der Waals surface area (Å²) >= 11 is 0. The van der Waals surface area contributed by atoms with Crippen molar-refractivity contribution in [2.24, 2.45) is 4.99 Å². The maximum Gasteiger partial charge on any atom is 0.191 e. The Morgan fingerprint density at radius 3 is 2.55 bits per heavy atom. The molecule has 1 atom stereocenters. The van der Waals surface area contributed by atoms with Gasteiger partial charge in [-0.05, 0) is 52.1 Å². The summed E-state index contributed by atoms with van der Waals surface area (Å²) in [6, 6.07) is 1.13. The predicted molar refractivity (Wildman–Crippen MR) is 86.2 cm³/mol. The fourth-order valence-corrected chi connectivity index (χ4v) is 3.05. The van der Waals surface area contributed by atoms with Gasteiger partial charge < -0.3 is 10.6 Å². The van der Waals surface area contributed by atoms with Gasteiger partial charge in [0.05, 0.1) is 6.54 Å². The average molecular weight is 278 g/mol. The Balaban J connectivity index is 1.85. The second-order valence-corrected chi connectivity index (χ2v) is 5.81. The fraction of sp³-hybridized carbons (Fsp3) is 0.812. The van der Waals surface area contributed by atoms with Gasteiger partial charge >= 0.3 is 0 Å². The topological polar surface area (TPSA) is 39.7 Å². The van der Waals surface area contributed by atoms with Crippen LogP contribution in [0, 0.1) is 0 Å². The van der Waals surface area contributed by atoms with E-state index >= 15 is 0 Å². The Morgan fingerprint density at radius 2 is 1.95 bits per heavy atom. The van der Waals surface area contributed by atoms with Gasteiger partial charge in [0.2, 0.25) is 0 Å². The molecule has 0 aromatic carbocycles. The third kappa shape index (κ3) is 4.51. The number of nitrogens with zero attached hydrogens (tertiary/aromatic N) is 2. The quantitative estimate of drug-likeness (QED) is 0.444. The van der Waals surface area contributed by atoms with Crippen LogP contribution >= 0.6 is 0 Å². The van der Waals surface area contributed by atoms with Crippen LogP contribution in [0.1, 0.15) is 46.0 Å². The van der Waals surface area contributed by atoms with E-state index in [1.54, 1.807) is 0 Å². The van der Waals surface area contributed by atoms with E-state index in [1.165, 1.54) is 32.4 Å². The summed E-state index contributed by atoms with van der Waals surface area (Å²) in [5.41, 5.74) is 0. The highest BCUT2D eigenvalue weighted by molar-refractivity contribution is 5.80. The number of nitrogens with one attached hydrogen (secondary N) is 2. The smallest absolute Gasteiger partial charge is 0.191 e. The van der Waals surface area contributed by atoms with E-state index in [2.05, 4.69) is 41.5 Å². The number of aliphatic imine (C=N–C) groups is 1. The molecule has 0 saturated carbocycles. The lowest BCUT2D eigenvalue weighted by atomic mass is 10.2. The molecule has 0 aromatic rings. The molecule has 1 fully saturated rings. The summed E-state index contributed by atoms with van der Waals surface area (Å²) in [6.45, 7) is 8.75. The van der Waals surface area contributed by atoms with Crippen molar-refractivity contribution < 1.29 is 0 Å².